The summed E-state index contributed by atoms with van der Waals surface area (Å²) in [6, 6.07) is 12.7. The van der Waals surface area contributed by atoms with Gasteiger partial charge < -0.3 is 10.1 Å². The van der Waals surface area contributed by atoms with Gasteiger partial charge in [-0.05, 0) is 24.3 Å². The van der Waals surface area contributed by atoms with E-state index < -0.39 is 0 Å². The van der Waals surface area contributed by atoms with Gasteiger partial charge in [0.15, 0.2) is 0 Å². The highest BCUT2D eigenvalue weighted by Crippen LogP contribution is 2.23. The van der Waals surface area contributed by atoms with E-state index in [9.17, 15) is 4.79 Å². The van der Waals surface area contributed by atoms with E-state index in [4.69, 9.17) is 4.74 Å². The molecule has 3 rings (SSSR count). The van der Waals surface area contributed by atoms with Crippen molar-refractivity contribution < 1.29 is 9.53 Å². The lowest BCUT2D eigenvalue weighted by Gasteiger charge is -2.07. The Morgan fingerprint density at radius 3 is 2.81 bits per heavy atom. The summed E-state index contributed by atoms with van der Waals surface area (Å²) < 4.78 is 5.25. The lowest BCUT2D eigenvalue weighted by molar-refractivity contribution is 0.102. The number of hydrogen-bond acceptors (Lipinski definition) is 4. The molecule has 0 bridgehead atoms. The highest BCUT2D eigenvalue weighted by atomic mass is 16.5. The van der Waals surface area contributed by atoms with Gasteiger partial charge in [-0.3, -0.25) is 9.78 Å². The van der Waals surface area contributed by atoms with E-state index in [2.05, 4.69) is 15.3 Å². The molecule has 104 valence electrons. The molecule has 3 aromatic rings. The largest absolute Gasteiger partial charge is 0.494 e. The average Bonchev–Trinajstić information content (AvgIpc) is 2.54. The molecule has 0 saturated carbocycles. The molecule has 0 radical (unpaired) electrons. The van der Waals surface area contributed by atoms with Crippen LogP contribution in [-0.2, 0) is 0 Å². The van der Waals surface area contributed by atoms with E-state index in [1.165, 1.54) is 6.20 Å². The number of benzene rings is 1. The summed E-state index contributed by atoms with van der Waals surface area (Å²) in [4.78, 5) is 20.6. The Kier molecular flexibility index (Phi) is 3.47. The van der Waals surface area contributed by atoms with Gasteiger partial charge in [-0.15, -0.1) is 0 Å². The van der Waals surface area contributed by atoms with Gasteiger partial charge in [0.05, 0.1) is 12.7 Å². The Morgan fingerprint density at radius 1 is 1.14 bits per heavy atom. The Hall–Kier alpha value is -2.95. The van der Waals surface area contributed by atoms with E-state index in [0.29, 0.717) is 17.1 Å². The summed E-state index contributed by atoms with van der Waals surface area (Å²) in [5.41, 5.74) is 1.20. The predicted molar refractivity (Wildman–Crippen MR) is 80.5 cm³/mol. The van der Waals surface area contributed by atoms with Crippen LogP contribution < -0.4 is 10.1 Å². The van der Waals surface area contributed by atoms with Crippen LogP contribution in [0, 0.1) is 0 Å². The summed E-state index contributed by atoms with van der Waals surface area (Å²) >= 11 is 0. The zero-order valence-corrected chi connectivity index (χ0v) is 11.4. The summed E-state index contributed by atoms with van der Waals surface area (Å²) in [5, 5.41) is 3.58. The molecule has 1 N–H and O–H groups in total. The van der Waals surface area contributed by atoms with Crippen LogP contribution in [0.2, 0.25) is 0 Å². The van der Waals surface area contributed by atoms with Crippen LogP contribution in [0.1, 0.15) is 10.4 Å². The maximum Gasteiger partial charge on any atom is 0.258 e. The molecule has 5 heteroatoms. The second-order valence-electron chi connectivity index (χ2n) is 4.43. The molecular weight excluding hydrogens is 266 g/mol. The molecular formula is C16H13N3O2. The molecule has 2 aromatic heterocycles. The number of ether oxygens (including phenoxy) is 1. The Balaban J connectivity index is 1.92. The standard InChI is InChI=1S/C16H13N3O2/c1-21-13-6-4-5-11-9-12(10-18-15(11)13)16(20)19-14-7-2-3-8-17-14/h2-10H,1H3,(H,17,19,20). The van der Waals surface area contributed by atoms with Crippen molar-refractivity contribution in [2.24, 2.45) is 0 Å². The van der Waals surface area contributed by atoms with Gasteiger partial charge >= 0.3 is 0 Å². The third kappa shape index (κ3) is 2.67. The predicted octanol–water partition coefficient (Wildman–Crippen LogP) is 2.89. The number of methoxy groups -OCH3 is 1. The molecule has 0 unspecified atom stereocenters. The number of nitrogens with zero attached hydrogens (tertiary/aromatic N) is 2. The van der Waals surface area contributed by atoms with Crippen LogP contribution in [0.5, 0.6) is 5.75 Å². The van der Waals surface area contributed by atoms with Crippen molar-refractivity contribution in [2.75, 3.05) is 12.4 Å². The second-order valence-corrected chi connectivity index (χ2v) is 4.43. The lowest BCUT2D eigenvalue weighted by atomic mass is 10.1. The van der Waals surface area contributed by atoms with Crippen LogP contribution in [-0.4, -0.2) is 23.0 Å². The molecule has 0 saturated heterocycles. The fourth-order valence-electron chi connectivity index (χ4n) is 2.05. The summed E-state index contributed by atoms with van der Waals surface area (Å²) in [6.07, 6.45) is 3.16. The minimum absolute atomic E-state index is 0.245. The normalized spacial score (nSPS) is 10.3. The molecule has 1 amide bonds. The maximum absolute atomic E-state index is 12.2. The number of carbonyl (C=O) groups is 1. The molecule has 0 aliphatic heterocycles. The summed E-state index contributed by atoms with van der Waals surface area (Å²) in [7, 11) is 1.60. The number of pyridine rings is 2. The minimum Gasteiger partial charge on any atom is -0.494 e. The third-order valence-electron chi connectivity index (χ3n) is 3.06. The van der Waals surface area contributed by atoms with Crippen LogP contribution in [0.15, 0.2) is 54.9 Å². The van der Waals surface area contributed by atoms with Crippen molar-refractivity contribution in [3.05, 3.63) is 60.4 Å². The van der Waals surface area contributed by atoms with Crippen molar-refractivity contribution in [2.45, 2.75) is 0 Å². The van der Waals surface area contributed by atoms with E-state index in [0.717, 1.165) is 10.9 Å². The van der Waals surface area contributed by atoms with E-state index in [1.54, 1.807) is 31.5 Å². The van der Waals surface area contributed by atoms with Crippen LogP contribution in [0.25, 0.3) is 10.9 Å². The monoisotopic (exact) mass is 279 g/mol. The van der Waals surface area contributed by atoms with Crippen molar-refractivity contribution in [3.8, 4) is 5.75 Å². The molecule has 2 heterocycles. The quantitative estimate of drug-likeness (QED) is 0.800. The molecule has 0 fully saturated rings. The summed E-state index contributed by atoms with van der Waals surface area (Å²) in [5.74, 6) is 0.948. The van der Waals surface area contributed by atoms with E-state index in [-0.39, 0.29) is 5.91 Å². The SMILES string of the molecule is COc1cccc2cc(C(=O)Nc3ccccn3)cnc12. The number of hydrogen-bond donors (Lipinski definition) is 1. The van der Waals surface area contributed by atoms with E-state index in [1.807, 2.05) is 24.3 Å². The van der Waals surface area contributed by atoms with Gasteiger partial charge in [-0.2, -0.15) is 0 Å². The Bertz CT molecular complexity index is 788. The maximum atomic E-state index is 12.2. The molecule has 21 heavy (non-hydrogen) atoms. The first-order valence-corrected chi connectivity index (χ1v) is 6.43. The highest BCUT2D eigenvalue weighted by molar-refractivity contribution is 6.05. The van der Waals surface area contributed by atoms with Gasteiger partial charge in [0.2, 0.25) is 0 Å². The van der Waals surface area contributed by atoms with Crippen molar-refractivity contribution in [1.29, 1.82) is 0 Å². The van der Waals surface area contributed by atoms with Crippen LogP contribution in [0.3, 0.4) is 0 Å². The van der Waals surface area contributed by atoms with E-state index >= 15 is 0 Å². The number of anilines is 1. The molecule has 1 aromatic carbocycles. The number of para-hydroxylation sites is 1. The molecule has 5 nitrogen and oxygen atoms in total. The van der Waals surface area contributed by atoms with Gasteiger partial charge in [0, 0.05) is 17.8 Å². The number of carbonyl (C=O) groups excluding carboxylic acids is 1. The second kappa shape index (κ2) is 5.58. The molecule has 0 aliphatic carbocycles. The zero-order chi connectivity index (χ0) is 14.7. The van der Waals surface area contributed by atoms with Gasteiger partial charge in [-0.1, -0.05) is 18.2 Å². The first-order valence-electron chi connectivity index (χ1n) is 6.43. The smallest absolute Gasteiger partial charge is 0.258 e. The Morgan fingerprint density at radius 2 is 2.05 bits per heavy atom. The third-order valence-corrected chi connectivity index (χ3v) is 3.06. The van der Waals surface area contributed by atoms with Gasteiger partial charge in [-0.25, -0.2) is 4.98 Å². The average molecular weight is 279 g/mol. The number of amides is 1. The van der Waals surface area contributed by atoms with Crippen molar-refractivity contribution in [1.82, 2.24) is 9.97 Å². The number of nitrogens with one attached hydrogen (secondary N) is 1. The summed E-state index contributed by atoms with van der Waals surface area (Å²) in [6.45, 7) is 0. The Labute approximate surface area is 121 Å². The molecule has 0 atom stereocenters. The zero-order valence-electron chi connectivity index (χ0n) is 11.4. The molecule has 0 spiro atoms. The van der Waals surface area contributed by atoms with Crippen molar-refractivity contribution >= 4 is 22.6 Å². The number of aromatic nitrogens is 2. The van der Waals surface area contributed by atoms with Gasteiger partial charge in [0.1, 0.15) is 17.1 Å². The minimum atomic E-state index is -0.245. The first kappa shape index (κ1) is 13.1. The number of fused-ring (bicyclic) bond motifs is 1. The van der Waals surface area contributed by atoms with Gasteiger partial charge in [0.25, 0.3) is 5.91 Å². The van der Waals surface area contributed by atoms with Crippen molar-refractivity contribution in [3.63, 3.8) is 0 Å². The fourth-order valence-corrected chi connectivity index (χ4v) is 2.05. The van der Waals surface area contributed by atoms with Crippen LogP contribution >= 0.6 is 0 Å². The fraction of sp³-hybridized carbons (Fsp3) is 0.0625. The highest BCUT2D eigenvalue weighted by Gasteiger charge is 2.10. The number of rotatable bonds is 3. The van der Waals surface area contributed by atoms with Crippen LogP contribution in [0.4, 0.5) is 5.82 Å². The molecule has 0 aliphatic rings. The topological polar surface area (TPSA) is 64.1 Å². The first-order chi connectivity index (χ1) is 10.3. The lowest BCUT2D eigenvalue weighted by Crippen LogP contribution is -2.13.